The molecule has 8 nitrogen and oxygen atoms in total. The molecule has 0 bridgehead atoms. The van der Waals surface area contributed by atoms with Crippen molar-refractivity contribution < 1.29 is 29.0 Å². The number of amides is 2. The fraction of sp³-hybridized carbons (Fsp3) is 0.720. The lowest BCUT2D eigenvalue weighted by atomic mass is 9.73. The Hall–Kier alpha value is -2.19. The highest BCUT2D eigenvalue weighted by atomic mass is 16.6. The van der Waals surface area contributed by atoms with Crippen LogP contribution in [0.1, 0.15) is 53.4 Å². The zero-order valence-electron chi connectivity index (χ0n) is 20.0. The van der Waals surface area contributed by atoms with Crippen LogP contribution in [0, 0.1) is 11.8 Å². The van der Waals surface area contributed by atoms with E-state index in [1.54, 1.807) is 11.0 Å². The number of esters is 1. The van der Waals surface area contributed by atoms with E-state index in [1.807, 2.05) is 39.0 Å². The number of carbonyl (C=O) groups is 3. The van der Waals surface area contributed by atoms with Gasteiger partial charge < -0.3 is 24.4 Å². The number of aliphatic hydroxyl groups excluding tert-OH is 1. The Morgan fingerprint density at radius 2 is 1.88 bits per heavy atom. The Morgan fingerprint density at radius 3 is 2.52 bits per heavy atom. The van der Waals surface area contributed by atoms with Gasteiger partial charge >= 0.3 is 5.97 Å². The molecule has 4 aliphatic heterocycles. The number of hydrogen-bond acceptors (Lipinski definition) is 6. The van der Waals surface area contributed by atoms with Crippen LogP contribution in [0.2, 0.25) is 0 Å². The average molecular weight is 461 g/mol. The Balaban J connectivity index is 1.90. The molecule has 2 amide bonds. The first-order valence-electron chi connectivity index (χ1n) is 12.3. The predicted octanol–water partition coefficient (Wildman–Crippen LogP) is 1.82. The Morgan fingerprint density at radius 1 is 1.12 bits per heavy atom. The molecule has 2 fully saturated rings. The van der Waals surface area contributed by atoms with Gasteiger partial charge in [-0.3, -0.25) is 14.4 Å². The third-order valence-corrected chi connectivity index (χ3v) is 7.98. The third-order valence-electron chi connectivity index (χ3n) is 7.98. The molecule has 33 heavy (non-hydrogen) atoms. The Bertz CT molecular complexity index is 867. The molecule has 4 rings (SSSR count). The number of carbonyl (C=O) groups excluding carboxylic acids is 3. The minimum atomic E-state index is -1.29. The highest BCUT2D eigenvalue weighted by molar-refractivity contribution is 5.99. The lowest BCUT2D eigenvalue weighted by Gasteiger charge is -2.41. The third kappa shape index (κ3) is 3.36. The number of likely N-dealkylation sites (tertiary alicyclic amines) is 1. The summed E-state index contributed by atoms with van der Waals surface area (Å²) in [4.78, 5) is 44.6. The van der Waals surface area contributed by atoms with E-state index in [1.165, 1.54) is 4.90 Å². The molecule has 0 aliphatic carbocycles. The maximum atomic E-state index is 14.1. The number of nitrogens with zero attached hydrogens (tertiary/aromatic N) is 2. The standard InChI is InChI=1S/C25H36N2O6/c1-5-10-16(4)26-13-8-12-25-18(19-23(31)32-14-9-11-24(19,7-3)33-25)21(29)27(17(6-2)15-28)20(25)22(26)30/h8-9,11-12,16-20,28H,5-7,10,13-15H2,1-4H3/t16?,17-,18-,19+,20?,24-,25-/m0/s1. The lowest BCUT2D eigenvalue weighted by molar-refractivity contribution is -0.161. The van der Waals surface area contributed by atoms with Gasteiger partial charge in [0.1, 0.15) is 29.8 Å². The molecule has 2 unspecified atom stereocenters. The van der Waals surface area contributed by atoms with E-state index in [4.69, 9.17) is 9.47 Å². The van der Waals surface area contributed by atoms with Gasteiger partial charge in [-0.15, -0.1) is 0 Å². The lowest BCUT2D eigenvalue weighted by Crippen LogP contribution is -2.59. The van der Waals surface area contributed by atoms with Crippen molar-refractivity contribution in [3.8, 4) is 0 Å². The van der Waals surface area contributed by atoms with Crippen LogP contribution in [0.5, 0.6) is 0 Å². The minimum Gasteiger partial charge on any atom is -0.461 e. The smallest absolute Gasteiger partial charge is 0.313 e. The first-order valence-corrected chi connectivity index (χ1v) is 12.3. The molecule has 4 aliphatic rings. The van der Waals surface area contributed by atoms with E-state index < -0.39 is 41.1 Å². The van der Waals surface area contributed by atoms with Gasteiger partial charge in [-0.1, -0.05) is 45.4 Å². The normalized spacial score (nSPS) is 37.2. The molecule has 0 radical (unpaired) electrons. The maximum Gasteiger partial charge on any atom is 0.313 e. The summed E-state index contributed by atoms with van der Waals surface area (Å²) in [6.45, 7) is 8.17. The quantitative estimate of drug-likeness (QED) is 0.460. The highest BCUT2D eigenvalue weighted by Crippen LogP contribution is 2.58. The minimum absolute atomic E-state index is 0.00983. The summed E-state index contributed by atoms with van der Waals surface area (Å²) in [6.07, 6.45) is 10.1. The van der Waals surface area contributed by atoms with Gasteiger partial charge in [-0.2, -0.15) is 0 Å². The molecule has 8 heteroatoms. The van der Waals surface area contributed by atoms with Gasteiger partial charge in [0.05, 0.1) is 18.6 Å². The first-order chi connectivity index (χ1) is 15.8. The van der Waals surface area contributed by atoms with Crippen LogP contribution in [-0.4, -0.2) is 81.8 Å². The van der Waals surface area contributed by atoms with Crippen molar-refractivity contribution in [1.29, 1.82) is 0 Å². The number of hydrogen-bond donors (Lipinski definition) is 1. The SMILES string of the molecule is CCCC(C)N1CC=C[C@]23O[C@@]4(CC)C=CCOC(=O)[C@H]4[C@H]2C(=O)N([C@@H](CC)CO)C3C1=O. The highest BCUT2D eigenvalue weighted by Gasteiger charge is 2.76. The monoisotopic (exact) mass is 460 g/mol. The number of fused-ring (bicyclic) bond motifs is 2. The second-order valence-electron chi connectivity index (χ2n) is 9.68. The molecule has 0 aromatic heterocycles. The largest absolute Gasteiger partial charge is 0.461 e. The van der Waals surface area contributed by atoms with Crippen LogP contribution < -0.4 is 0 Å². The summed E-state index contributed by atoms with van der Waals surface area (Å²) in [7, 11) is 0. The van der Waals surface area contributed by atoms with Crippen molar-refractivity contribution in [2.75, 3.05) is 19.8 Å². The van der Waals surface area contributed by atoms with Gasteiger partial charge in [0.2, 0.25) is 11.8 Å². The second kappa shape index (κ2) is 8.87. The summed E-state index contributed by atoms with van der Waals surface area (Å²) in [6, 6.07) is -1.49. The first kappa shape index (κ1) is 24.0. The molecule has 1 N–H and O–H groups in total. The van der Waals surface area contributed by atoms with E-state index in [2.05, 4.69) is 6.92 Å². The van der Waals surface area contributed by atoms with E-state index in [0.717, 1.165) is 12.8 Å². The molecule has 2 saturated heterocycles. The Labute approximate surface area is 195 Å². The molecule has 7 atom stereocenters. The molecule has 0 aromatic rings. The molecule has 182 valence electrons. The van der Waals surface area contributed by atoms with Gasteiger partial charge in [-0.25, -0.2) is 0 Å². The van der Waals surface area contributed by atoms with E-state index >= 15 is 0 Å². The van der Waals surface area contributed by atoms with Crippen molar-refractivity contribution in [2.24, 2.45) is 11.8 Å². The van der Waals surface area contributed by atoms with E-state index in [0.29, 0.717) is 19.4 Å². The zero-order valence-corrected chi connectivity index (χ0v) is 20.0. The van der Waals surface area contributed by atoms with Gasteiger partial charge in [0.15, 0.2) is 0 Å². The summed E-state index contributed by atoms with van der Waals surface area (Å²) >= 11 is 0. The summed E-state index contributed by atoms with van der Waals surface area (Å²) in [5.74, 6) is -2.73. The average Bonchev–Trinajstić information content (AvgIpc) is 3.07. The maximum absolute atomic E-state index is 14.1. The van der Waals surface area contributed by atoms with Gasteiger partial charge in [-0.05, 0) is 32.3 Å². The van der Waals surface area contributed by atoms with E-state index in [-0.39, 0.29) is 31.1 Å². The van der Waals surface area contributed by atoms with Crippen molar-refractivity contribution in [1.82, 2.24) is 9.80 Å². The Kier molecular flexibility index (Phi) is 6.44. The number of aliphatic hydroxyl groups is 1. The predicted molar refractivity (Wildman–Crippen MR) is 121 cm³/mol. The zero-order chi connectivity index (χ0) is 24.0. The van der Waals surface area contributed by atoms with Crippen LogP contribution in [0.3, 0.4) is 0 Å². The molecule has 4 heterocycles. The second-order valence-corrected chi connectivity index (χ2v) is 9.68. The van der Waals surface area contributed by atoms with Crippen molar-refractivity contribution in [3.05, 3.63) is 24.3 Å². The number of cyclic esters (lactones) is 1. The van der Waals surface area contributed by atoms with Crippen LogP contribution in [-0.2, 0) is 23.9 Å². The summed E-state index contributed by atoms with van der Waals surface area (Å²) in [5, 5.41) is 10.1. The van der Waals surface area contributed by atoms with Gasteiger partial charge in [0, 0.05) is 12.6 Å². The van der Waals surface area contributed by atoms with Crippen molar-refractivity contribution in [3.63, 3.8) is 0 Å². The van der Waals surface area contributed by atoms with Crippen LogP contribution in [0.4, 0.5) is 0 Å². The fourth-order valence-corrected chi connectivity index (χ4v) is 6.33. The number of rotatable bonds is 7. The number of ether oxygens (including phenoxy) is 2. The summed E-state index contributed by atoms with van der Waals surface area (Å²) < 4.78 is 12.2. The topological polar surface area (TPSA) is 96.4 Å². The fourth-order valence-electron chi connectivity index (χ4n) is 6.33. The van der Waals surface area contributed by atoms with Crippen molar-refractivity contribution in [2.45, 2.75) is 82.7 Å². The molecule has 0 aromatic carbocycles. The van der Waals surface area contributed by atoms with Crippen LogP contribution in [0.15, 0.2) is 24.3 Å². The van der Waals surface area contributed by atoms with E-state index in [9.17, 15) is 19.5 Å². The molecular formula is C25H36N2O6. The molecular weight excluding hydrogens is 424 g/mol. The van der Waals surface area contributed by atoms with Gasteiger partial charge in [0.25, 0.3) is 0 Å². The molecule has 1 spiro atoms. The summed E-state index contributed by atoms with van der Waals surface area (Å²) in [5.41, 5.74) is -2.31. The van der Waals surface area contributed by atoms with Crippen LogP contribution in [0.25, 0.3) is 0 Å². The molecule has 0 saturated carbocycles. The van der Waals surface area contributed by atoms with Crippen molar-refractivity contribution >= 4 is 17.8 Å². The van der Waals surface area contributed by atoms with Crippen LogP contribution >= 0.6 is 0 Å².